The summed E-state index contributed by atoms with van der Waals surface area (Å²) in [5, 5.41) is 3.91. The van der Waals surface area contributed by atoms with Crippen LogP contribution in [0.25, 0.3) is 0 Å². The van der Waals surface area contributed by atoms with E-state index < -0.39 is 0 Å². The molecular weight excluding hydrogens is 246 g/mol. The number of halogens is 1. The first-order valence-corrected chi connectivity index (χ1v) is 7.31. The summed E-state index contributed by atoms with van der Waals surface area (Å²) in [4.78, 5) is 0. The van der Waals surface area contributed by atoms with Gasteiger partial charge in [-0.3, -0.25) is 0 Å². The molecule has 0 bridgehead atoms. The fourth-order valence-electron chi connectivity index (χ4n) is 2.41. The van der Waals surface area contributed by atoms with Crippen molar-refractivity contribution in [1.29, 1.82) is 0 Å². The molecule has 1 N–H and O–H groups in total. The Morgan fingerprint density at radius 3 is 2.78 bits per heavy atom. The highest BCUT2D eigenvalue weighted by atomic mass is 35.5. The number of alkyl halides is 1. The largest absolute Gasteiger partial charge is 0.494 e. The Labute approximate surface area is 115 Å². The van der Waals surface area contributed by atoms with Crippen molar-refractivity contribution >= 4 is 11.6 Å². The normalized spacial score (nSPS) is 23.2. The van der Waals surface area contributed by atoms with E-state index in [1.807, 2.05) is 30.3 Å². The number of benzene rings is 1. The molecule has 0 spiro atoms. The van der Waals surface area contributed by atoms with E-state index >= 15 is 0 Å². The van der Waals surface area contributed by atoms with Crippen molar-refractivity contribution in [2.75, 3.05) is 19.7 Å². The number of ether oxygens (including phenoxy) is 1. The van der Waals surface area contributed by atoms with Crippen LogP contribution >= 0.6 is 11.6 Å². The Hall–Kier alpha value is -0.730. The van der Waals surface area contributed by atoms with E-state index in [2.05, 4.69) is 5.32 Å². The van der Waals surface area contributed by atoms with Crippen LogP contribution in [0.4, 0.5) is 0 Å². The number of hydrogen-bond donors (Lipinski definition) is 1. The first kappa shape index (κ1) is 13.7. The van der Waals surface area contributed by atoms with Gasteiger partial charge >= 0.3 is 0 Å². The fraction of sp³-hybridized carbons (Fsp3) is 0.600. The lowest BCUT2D eigenvalue weighted by Gasteiger charge is -2.11. The molecule has 2 unspecified atom stereocenters. The van der Waals surface area contributed by atoms with Gasteiger partial charge in [-0.2, -0.15) is 0 Å². The van der Waals surface area contributed by atoms with Gasteiger partial charge < -0.3 is 10.1 Å². The Balaban J connectivity index is 1.47. The standard InChI is InChI=1S/C15H22ClNO/c16-14-8-7-13(11-14)12-17-9-4-10-18-15-5-2-1-3-6-15/h1-3,5-6,13-14,17H,4,7-12H2. The summed E-state index contributed by atoms with van der Waals surface area (Å²) in [6.45, 7) is 2.91. The van der Waals surface area contributed by atoms with Crippen LogP contribution in [0.2, 0.25) is 0 Å². The average molecular weight is 268 g/mol. The molecule has 0 heterocycles. The molecule has 2 nitrogen and oxygen atoms in total. The van der Waals surface area contributed by atoms with Crippen LogP contribution in [0, 0.1) is 5.92 Å². The average Bonchev–Trinajstić information content (AvgIpc) is 2.81. The Bertz CT molecular complexity index is 331. The minimum atomic E-state index is 0.415. The van der Waals surface area contributed by atoms with Gasteiger partial charge in [-0.25, -0.2) is 0 Å². The quantitative estimate of drug-likeness (QED) is 0.604. The maximum absolute atomic E-state index is 6.09. The number of rotatable bonds is 7. The molecule has 2 rings (SSSR count). The van der Waals surface area contributed by atoms with Crippen molar-refractivity contribution in [2.24, 2.45) is 5.92 Å². The third kappa shape index (κ3) is 4.87. The van der Waals surface area contributed by atoms with Gasteiger partial charge in [-0.1, -0.05) is 18.2 Å². The first-order chi connectivity index (χ1) is 8.84. The molecule has 2 atom stereocenters. The summed E-state index contributed by atoms with van der Waals surface area (Å²) >= 11 is 6.09. The summed E-state index contributed by atoms with van der Waals surface area (Å²) in [6.07, 6.45) is 4.69. The first-order valence-electron chi connectivity index (χ1n) is 6.87. The molecule has 0 radical (unpaired) electrons. The second kappa shape index (κ2) is 7.65. The molecule has 0 saturated heterocycles. The van der Waals surface area contributed by atoms with E-state index in [0.717, 1.165) is 37.8 Å². The molecule has 1 aliphatic carbocycles. The van der Waals surface area contributed by atoms with Gasteiger partial charge in [0.2, 0.25) is 0 Å². The van der Waals surface area contributed by atoms with Crippen LogP contribution in [0.5, 0.6) is 5.75 Å². The highest BCUT2D eigenvalue weighted by Gasteiger charge is 2.21. The zero-order valence-electron chi connectivity index (χ0n) is 10.8. The van der Waals surface area contributed by atoms with Crippen molar-refractivity contribution in [1.82, 2.24) is 5.32 Å². The number of para-hydroxylation sites is 1. The van der Waals surface area contributed by atoms with Gasteiger partial charge in [0, 0.05) is 5.38 Å². The monoisotopic (exact) mass is 267 g/mol. The van der Waals surface area contributed by atoms with Crippen LogP contribution in [-0.4, -0.2) is 25.1 Å². The Morgan fingerprint density at radius 2 is 2.06 bits per heavy atom. The van der Waals surface area contributed by atoms with Crippen LogP contribution < -0.4 is 10.1 Å². The van der Waals surface area contributed by atoms with E-state index in [9.17, 15) is 0 Å². The second-order valence-electron chi connectivity index (χ2n) is 5.00. The van der Waals surface area contributed by atoms with Crippen LogP contribution in [0.1, 0.15) is 25.7 Å². The third-order valence-corrected chi connectivity index (χ3v) is 3.82. The molecule has 3 heteroatoms. The highest BCUT2D eigenvalue weighted by molar-refractivity contribution is 6.20. The lowest BCUT2D eigenvalue weighted by atomic mass is 10.1. The lowest BCUT2D eigenvalue weighted by Crippen LogP contribution is -2.23. The van der Waals surface area contributed by atoms with Gasteiger partial charge in [0.05, 0.1) is 6.61 Å². The molecule has 1 aromatic carbocycles. The van der Waals surface area contributed by atoms with Crippen LogP contribution in [0.3, 0.4) is 0 Å². The zero-order chi connectivity index (χ0) is 12.6. The van der Waals surface area contributed by atoms with E-state index in [1.54, 1.807) is 0 Å². The maximum Gasteiger partial charge on any atom is 0.119 e. The SMILES string of the molecule is ClC1CCC(CNCCCOc2ccccc2)C1. The van der Waals surface area contributed by atoms with Crippen molar-refractivity contribution in [2.45, 2.75) is 31.1 Å². The van der Waals surface area contributed by atoms with Crippen molar-refractivity contribution in [3.63, 3.8) is 0 Å². The Morgan fingerprint density at radius 1 is 1.22 bits per heavy atom. The van der Waals surface area contributed by atoms with Gasteiger partial charge in [0.1, 0.15) is 5.75 Å². The minimum absolute atomic E-state index is 0.415. The van der Waals surface area contributed by atoms with Crippen molar-refractivity contribution < 1.29 is 4.74 Å². The Kier molecular flexibility index (Phi) is 5.82. The zero-order valence-corrected chi connectivity index (χ0v) is 11.5. The summed E-state index contributed by atoms with van der Waals surface area (Å²) in [6, 6.07) is 9.98. The van der Waals surface area contributed by atoms with Gasteiger partial charge in [-0.05, 0) is 56.8 Å². The van der Waals surface area contributed by atoms with Crippen molar-refractivity contribution in [3.8, 4) is 5.75 Å². The molecule has 0 amide bonds. The smallest absolute Gasteiger partial charge is 0.119 e. The number of hydrogen-bond acceptors (Lipinski definition) is 2. The summed E-state index contributed by atoms with van der Waals surface area (Å²) in [7, 11) is 0. The molecule has 0 aromatic heterocycles. The molecule has 1 aliphatic rings. The maximum atomic E-state index is 6.09. The van der Waals surface area contributed by atoms with Crippen molar-refractivity contribution in [3.05, 3.63) is 30.3 Å². The summed E-state index contributed by atoms with van der Waals surface area (Å²) in [5.74, 6) is 1.74. The molecule has 1 fully saturated rings. The van der Waals surface area contributed by atoms with Gasteiger partial charge in [0.25, 0.3) is 0 Å². The van der Waals surface area contributed by atoms with Gasteiger partial charge in [0.15, 0.2) is 0 Å². The van der Waals surface area contributed by atoms with E-state index in [1.165, 1.54) is 19.3 Å². The third-order valence-electron chi connectivity index (χ3n) is 3.42. The fourth-order valence-corrected chi connectivity index (χ4v) is 2.79. The van der Waals surface area contributed by atoms with E-state index in [-0.39, 0.29) is 0 Å². The second-order valence-corrected chi connectivity index (χ2v) is 5.61. The molecule has 0 aliphatic heterocycles. The predicted molar refractivity (Wildman–Crippen MR) is 76.4 cm³/mol. The molecule has 18 heavy (non-hydrogen) atoms. The highest BCUT2D eigenvalue weighted by Crippen LogP contribution is 2.28. The topological polar surface area (TPSA) is 21.3 Å². The predicted octanol–water partition coefficient (Wildman–Crippen LogP) is 3.45. The number of nitrogens with one attached hydrogen (secondary N) is 1. The van der Waals surface area contributed by atoms with E-state index in [0.29, 0.717) is 5.38 Å². The van der Waals surface area contributed by atoms with Crippen LogP contribution in [0.15, 0.2) is 30.3 Å². The summed E-state index contributed by atoms with van der Waals surface area (Å²) < 4.78 is 5.63. The molecule has 1 saturated carbocycles. The minimum Gasteiger partial charge on any atom is -0.494 e. The summed E-state index contributed by atoms with van der Waals surface area (Å²) in [5.41, 5.74) is 0. The molecular formula is C15H22ClNO. The van der Waals surface area contributed by atoms with Crippen LogP contribution in [-0.2, 0) is 0 Å². The lowest BCUT2D eigenvalue weighted by molar-refractivity contribution is 0.306. The van der Waals surface area contributed by atoms with E-state index in [4.69, 9.17) is 16.3 Å². The molecule has 100 valence electrons. The molecule has 1 aromatic rings. The van der Waals surface area contributed by atoms with Gasteiger partial charge in [-0.15, -0.1) is 11.6 Å².